The summed E-state index contributed by atoms with van der Waals surface area (Å²) in [5, 5.41) is 6.71. The van der Waals surface area contributed by atoms with Gasteiger partial charge in [0.05, 0.1) is 12.6 Å². The first-order valence-corrected chi connectivity index (χ1v) is 10.7. The molecule has 0 saturated carbocycles. The van der Waals surface area contributed by atoms with Crippen LogP contribution < -0.4 is 15.5 Å². The third-order valence-corrected chi connectivity index (χ3v) is 5.21. The van der Waals surface area contributed by atoms with Crippen LogP contribution in [0, 0.1) is 5.41 Å². The summed E-state index contributed by atoms with van der Waals surface area (Å²) in [4.78, 5) is 11.8. The molecule has 0 spiro atoms. The number of guanidine groups is 1. The molecule has 2 rings (SSSR count). The minimum Gasteiger partial charge on any atom is -0.379 e. The Morgan fingerprint density at radius 1 is 1.17 bits per heavy atom. The van der Waals surface area contributed by atoms with E-state index in [1.807, 2.05) is 6.20 Å². The van der Waals surface area contributed by atoms with Gasteiger partial charge in [-0.3, -0.25) is 0 Å². The number of rotatable bonds is 7. The van der Waals surface area contributed by atoms with Gasteiger partial charge >= 0.3 is 0 Å². The molecular weight excluding hydrogens is 477 g/mol. The second-order valence-electron chi connectivity index (χ2n) is 8.59. The summed E-state index contributed by atoms with van der Waals surface area (Å²) in [6.45, 7) is 13.0. The molecule has 1 aromatic rings. The molecule has 1 aromatic heterocycles. The number of halogens is 1. The number of hydrogen-bond donors (Lipinski definition) is 2. The van der Waals surface area contributed by atoms with E-state index in [0.717, 1.165) is 43.5 Å². The molecule has 1 aliphatic heterocycles. The number of hydrogen-bond acceptors (Lipinski definition) is 4. The lowest BCUT2D eigenvalue weighted by molar-refractivity contribution is 0.0205. The number of methoxy groups -OCH3 is 1. The number of ether oxygens (including phenoxy) is 1. The number of nitrogens with one attached hydrogen (secondary N) is 2. The fraction of sp³-hybridized carbons (Fsp3) is 0.727. The molecule has 2 heterocycles. The summed E-state index contributed by atoms with van der Waals surface area (Å²) in [5.41, 5.74) is 1.20. The van der Waals surface area contributed by atoms with Crippen molar-refractivity contribution < 1.29 is 4.74 Å². The van der Waals surface area contributed by atoms with Crippen LogP contribution in [0.5, 0.6) is 0 Å². The van der Waals surface area contributed by atoms with E-state index < -0.39 is 0 Å². The van der Waals surface area contributed by atoms with Gasteiger partial charge in [0.25, 0.3) is 0 Å². The minimum atomic E-state index is 0. The van der Waals surface area contributed by atoms with E-state index in [1.165, 1.54) is 25.7 Å². The number of aliphatic imine (C=N–C) groups is 1. The van der Waals surface area contributed by atoms with Gasteiger partial charge in [0.15, 0.2) is 5.96 Å². The molecule has 2 N–H and O–H groups in total. The fourth-order valence-corrected chi connectivity index (χ4v) is 3.44. The van der Waals surface area contributed by atoms with Gasteiger partial charge in [-0.2, -0.15) is 0 Å². The summed E-state index contributed by atoms with van der Waals surface area (Å²) < 4.78 is 5.63. The molecule has 0 amide bonds. The highest BCUT2D eigenvalue weighted by molar-refractivity contribution is 14.0. The van der Waals surface area contributed by atoms with Crippen LogP contribution in [0.3, 0.4) is 0 Å². The number of pyridine rings is 1. The van der Waals surface area contributed by atoms with Crippen LogP contribution in [0.1, 0.15) is 58.9 Å². The van der Waals surface area contributed by atoms with Crippen LogP contribution in [-0.4, -0.2) is 50.3 Å². The molecule has 0 aliphatic carbocycles. The monoisotopic (exact) mass is 517 g/mol. The third kappa shape index (κ3) is 9.07. The summed E-state index contributed by atoms with van der Waals surface area (Å²) in [6.07, 6.45) is 7.28. The lowest BCUT2D eigenvalue weighted by Crippen LogP contribution is -2.45. The van der Waals surface area contributed by atoms with Crippen molar-refractivity contribution >= 4 is 35.8 Å². The molecule has 1 aliphatic rings. The molecular formula is C22H40IN5O. The van der Waals surface area contributed by atoms with E-state index >= 15 is 0 Å². The molecule has 1 fully saturated rings. The average Bonchev–Trinajstić information content (AvgIpc) is 2.95. The van der Waals surface area contributed by atoms with Gasteiger partial charge in [0.2, 0.25) is 0 Å². The van der Waals surface area contributed by atoms with Crippen LogP contribution in [0.15, 0.2) is 23.3 Å². The first-order chi connectivity index (χ1) is 13.4. The Morgan fingerprint density at radius 3 is 2.38 bits per heavy atom. The topological polar surface area (TPSA) is 61.8 Å². The van der Waals surface area contributed by atoms with Crippen molar-refractivity contribution in [1.82, 2.24) is 15.6 Å². The zero-order valence-corrected chi connectivity index (χ0v) is 21.2. The Bertz CT molecular complexity index is 592. The molecule has 7 heteroatoms. The second kappa shape index (κ2) is 13.3. The van der Waals surface area contributed by atoms with E-state index in [9.17, 15) is 0 Å². The van der Waals surface area contributed by atoms with Crippen molar-refractivity contribution in [2.45, 2.75) is 66.0 Å². The van der Waals surface area contributed by atoms with Crippen LogP contribution >= 0.6 is 24.0 Å². The number of anilines is 1. The van der Waals surface area contributed by atoms with Gasteiger partial charge < -0.3 is 20.3 Å². The molecule has 1 atom stereocenters. The first kappa shape index (κ1) is 25.9. The highest BCUT2D eigenvalue weighted by Crippen LogP contribution is 2.21. The van der Waals surface area contributed by atoms with E-state index in [2.05, 4.69) is 60.3 Å². The SMILES string of the molecule is CCNC(=NCc1ccc(N2CCCCCC2)nc1)NCC(OC)C(C)(C)C.I. The third-order valence-electron chi connectivity index (χ3n) is 5.21. The molecule has 6 nitrogen and oxygen atoms in total. The van der Waals surface area contributed by atoms with Crippen molar-refractivity contribution in [2.75, 3.05) is 38.2 Å². The van der Waals surface area contributed by atoms with Crippen molar-refractivity contribution in [3.05, 3.63) is 23.9 Å². The summed E-state index contributed by atoms with van der Waals surface area (Å²) in [5.74, 6) is 1.90. The molecule has 29 heavy (non-hydrogen) atoms. The lowest BCUT2D eigenvalue weighted by Gasteiger charge is -2.30. The maximum atomic E-state index is 5.63. The Hall–Kier alpha value is -1.09. The molecule has 0 radical (unpaired) electrons. The highest BCUT2D eigenvalue weighted by atomic mass is 127. The van der Waals surface area contributed by atoms with Crippen LogP contribution in [0.25, 0.3) is 0 Å². The lowest BCUT2D eigenvalue weighted by atomic mass is 9.89. The Labute approximate surface area is 194 Å². The van der Waals surface area contributed by atoms with Crippen LogP contribution in [-0.2, 0) is 11.3 Å². The van der Waals surface area contributed by atoms with E-state index in [0.29, 0.717) is 6.54 Å². The first-order valence-electron chi connectivity index (χ1n) is 10.7. The standard InChI is InChI=1S/C22H39N5O.HI/c1-6-23-21(26-17-19(28-5)22(2,3)4)25-16-18-11-12-20(24-15-18)27-13-9-7-8-10-14-27;/h11-12,15,19H,6-10,13-14,16-17H2,1-5H3,(H2,23,25,26);1H. The summed E-state index contributed by atoms with van der Waals surface area (Å²) >= 11 is 0. The van der Waals surface area contributed by atoms with Gasteiger partial charge in [-0.15, -0.1) is 24.0 Å². The molecule has 0 aromatic carbocycles. The van der Waals surface area contributed by atoms with E-state index in [-0.39, 0.29) is 35.5 Å². The summed E-state index contributed by atoms with van der Waals surface area (Å²) in [6, 6.07) is 4.28. The normalized spacial score (nSPS) is 16.6. The maximum absolute atomic E-state index is 5.63. The van der Waals surface area contributed by atoms with Crippen molar-refractivity contribution in [1.29, 1.82) is 0 Å². The smallest absolute Gasteiger partial charge is 0.191 e. The van der Waals surface area contributed by atoms with Gasteiger partial charge in [-0.25, -0.2) is 9.98 Å². The molecule has 1 unspecified atom stereocenters. The number of aromatic nitrogens is 1. The summed E-state index contributed by atoms with van der Waals surface area (Å²) in [7, 11) is 1.76. The van der Waals surface area contributed by atoms with Gasteiger partial charge in [0, 0.05) is 39.5 Å². The second-order valence-corrected chi connectivity index (χ2v) is 8.59. The largest absolute Gasteiger partial charge is 0.379 e. The highest BCUT2D eigenvalue weighted by Gasteiger charge is 2.24. The van der Waals surface area contributed by atoms with E-state index in [4.69, 9.17) is 9.73 Å². The predicted molar refractivity (Wildman–Crippen MR) is 133 cm³/mol. The Balaban J connectivity index is 0.00000420. The van der Waals surface area contributed by atoms with Gasteiger partial charge in [0.1, 0.15) is 5.82 Å². The molecule has 0 bridgehead atoms. The molecule has 1 saturated heterocycles. The molecule has 166 valence electrons. The maximum Gasteiger partial charge on any atom is 0.191 e. The van der Waals surface area contributed by atoms with Crippen LogP contribution in [0.2, 0.25) is 0 Å². The average molecular weight is 518 g/mol. The van der Waals surface area contributed by atoms with Gasteiger partial charge in [-0.05, 0) is 36.8 Å². The Morgan fingerprint density at radius 2 is 1.86 bits per heavy atom. The zero-order chi connectivity index (χ0) is 20.4. The van der Waals surface area contributed by atoms with E-state index in [1.54, 1.807) is 7.11 Å². The zero-order valence-electron chi connectivity index (χ0n) is 18.8. The van der Waals surface area contributed by atoms with Gasteiger partial charge in [-0.1, -0.05) is 39.7 Å². The predicted octanol–water partition coefficient (Wildman–Crippen LogP) is 4.20. The van der Waals surface area contributed by atoms with Crippen molar-refractivity contribution in [3.63, 3.8) is 0 Å². The quantitative estimate of drug-likeness (QED) is 0.323. The van der Waals surface area contributed by atoms with Crippen LogP contribution in [0.4, 0.5) is 5.82 Å². The number of nitrogens with zero attached hydrogens (tertiary/aromatic N) is 3. The Kier molecular flexibility index (Phi) is 11.9. The van der Waals surface area contributed by atoms with Crippen molar-refractivity contribution in [2.24, 2.45) is 10.4 Å². The minimum absolute atomic E-state index is 0. The van der Waals surface area contributed by atoms with Crippen molar-refractivity contribution in [3.8, 4) is 0 Å². The fourth-order valence-electron chi connectivity index (χ4n) is 3.44.